The number of amides is 2. The molecule has 5 heteroatoms. The van der Waals surface area contributed by atoms with Crippen molar-refractivity contribution in [1.29, 1.82) is 0 Å². The van der Waals surface area contributed by atoms with Crippen molar-refractivity contribution >= 4 is 12.0 Å². The monoisotopic (exact) mass is 358 g/mol. The average Bonchev–Trinajstić information content (AvgIpc) is 2.54. The van der Waals surface area contributed by atoms with Crippen LogP contribution in [0.4, 0.5) is 4.79 Å². The first kappa shape index (κ1) is 18.7. The van der Waals surface area contributed by atoms with Crippen molar-refractivity contribution in [3.8, 4) is 0 Å². The third-order valence-corrected chi connectivity index (χ3v) is 5.45. The third kappa shape index (κ3) is 4.02. The van der Waals surface area contributed by atoms with Crippen LogP contribution in [0.25, 0.3) is 0 Å². The van der Waals surface area contributed by atoms with Crippen molar-refractivity contribution in [3.63, 3.8) is 0 Å². The van der Waals surface area contributed by atoms with Gasteiger partial charge in [-0.2, -0.15) is 0 Å². The van der Waals surface area contributed by atoms with Gasteiger partial charge in [-0.1, -0.05) is 36.8 Å². The van der Waals surface area contributed by atoms with E-state index in [1.807, 2.05) is 39.0 Å². The molecule has 26 heavy (non-hydrogen) atoms. The van der Waals surface area contributed by atoms with E-state index in [2.05, 4.69) is 17.4 Å². The van der Waals surface area contributed by atoms with Crippen LogP contribution in [0.15, 0.2) is 30.3 Å². The van der Waals surface area contributed by atoms with E-state index < -0.39 is 5.60 Å². The largest absolute Gasteiger partial charge is 0.444 e. The molecule has 0 unspecified atom stereocenters. The summed E-state index contributed by atoms with van der Waals surface area (Å²) in [6.45, 7) is 6.87. The summed E-state index contributed by atoms with van der Waals surface area (Å²) in [5, 5.41) is 3.25. The van der Waals surface area contributed by atoms with Crippen LogP contribution in [-0.2, 0) is 14.9 Å². The Hall–Kier alpha value is -2.04. The van der Waals surface area contributed by atoms with Crippen LogP contribution in [0.5, 0.6) is 0 Å². The number of nitrogens with one attached hydrogen (secondary N) is 1. The zero-order chi connectivity index (χ0) is 18.8. The van der Waals surface area contributed by atoms with Crippen molar-refractivity contribution in [1.82, 2.24) is 10.2 Å². The Labute approximate surface area is 156 Å². The summed E-state index contributed by atoms with van der Waals surface area (Å²) in [6, 6.07) is 10.2. The van der Waals surface area contributed by atoms with Crippen molar-refractivity contribution in [2.75, 3.05) is 13.1 Å². The second-order valence-corrected chi connectivity index (χ2v) is 8.52. The first-order valence-electron chi connectivity index (χ1n) is 9.65. The zero-order valence-corrected chi connectivity index (χ0v) is 16.1. The van der Waals surface area contributed by atoms with Gasteiger partial charge < -0.3 is 15.0 Å². The van der Waals surface area contributed by atoms with E-state index in [1.54, 1.807) is 4.90 Å². The highest BCUT2D eigenvalue weighted by atomic mass is 16.6. The van der Waals surface area contributed by atoms with Crippen molar-refractivity contribution in [2.24, 2.45) is 0 Å². The van der Waals surface area contributed by atoms with E-state index in [4.69, 9.17) is 4.74 Å². The molecule has 1 heterocycles. The van der Waals surface area contributed by atoms with Crippen LogP contribution in [-0.4, -0.2) is 41.6 Å². The summed E-state index contributed by atoms with van der Waals surface area (Å²) in [5.41, 5.74) is 0.285. The topological polar surface area (TPSA) is 58.6 Å². The minimum Gasteiger partial charge on any atom is -0.444 e. The number of hydrogen-bond donors (Lipinski definition) is 1. The first-order chi connectivity index (χ1) is 12.3. The van der Waals surface area contributed by atoms with Crippen LogP contribution < -0.4 is 5.32 Å². The van der Waals surface area contributed by atoms with Crippen LogP contribution in [0.3, 0.4) is 0 Å². The van der Waals surface area contributed by atoms with Gasteiger partial charge in [0, 0.05) is 19.1 Å². The molecule has 1 saturated heterocycles. The van der Waals surface area contributed by atoms with Crippen molar-refractivity contribution < 1.29 is 14.3 Å². The van der Waals surface area contributed by atoms with Gasteiger partial charge in [-0.15, -0.1) is 0 Å². The Morgan fingerprint density at radius 2 is 1.73 bits per heavy atom. The molecule has 1 aromatic rings. The molecule has 142 valence electrons. The summed E-state index contributed by atoms with van der Waals surface area (Å²) in [6.07, 6.45) is 4.21. The van der Waals surface area contributed by atoms with Crippen LogP contribution in [0.2, 0.25) is 0 Å². The summed E-state index contributed by atoms with van der Waals surface area (Å²) in [4.78, 5) is 26.9. The lowest BCUT2D eigenvalue weighted by molar-refractivity contribution is -0.131. The third-order valence-electron chi connectivity index (χ3n) is 5.45. The Kier molecular flexibility index (Phi) is 5.26. The number of benzene rings is 1. The Balaban J connectivity index is 1.54. The summed E-state index contributed by atoms with van der Waals surface area (Å²) < 4.78 is 5.43. The molecule has 2 fully saturated rings. The Morgan fingerprint density at radius 1 is 1.12 bits per heavy atom. The molecule has 2 aliphatic rings. The van der Waals surface area contributed by atoms with E-state index in [1.165, 1.54) is 0 Å². The minimum atomic E-state index is -0.478. The molecule has 2 amide bonds. The standard InChI is InChI=1S/C21H30N2O3/c1-20(2,3)26-19(25)23-14-10-17(11-15-23)22-18(24)21(12-7-13-21)16-8-5-4-6-9-16/h4-6,8-9,17H,7,10-15H2,1-3H3,(H,22,24). The van der Waals surface area contributed by atoms with Gasteiger partial charge in [-0.25, -0.2) is 4.79 Å². The Morgan fingerprint density at radius 3 is 2.23 bits per heavy atom. The molecule has 1 aliphatic heterocycles. The molecule has 3 rings (SSSR count). The number of nitrogens with zero attached hydrogens (tertiary/aromatic N) is 1. The maximum atomic E-state index is 13.0. The molecule has 0 radical (unpaired) electrons. The highest BCUT2D eigenvalue weighted by Gasteiger charge is 2.46. The van der Waals surface area contributed by atoms with Gasteiger partial charge in [0.1, 0.15) is 5.60 Å². The maximum absolute atomic E-state index is 13.0. The van der Waals surface area contributed by atoms with Crippen LogP contribution in [0.1, 0.15) is 58.4 Å². The molecule has 0 atom stereocenters. The van der Waals surface area contributed by atoms with E-state index in [9.17, 15) is 9.59 Å². The van der Waals surface area contributed by atoms with Crippen LogP contribution >= 0.6 is 0 Å². The van der Waals surface area contributed by atoms with Gasteiger partial charge >= 0.3 is 6.09 Å². The molecular formula is C21H30N2O3. The second kappa shape index (κ2) is 7.29. The molecular weight excluding hydrogens is 328 g/mol. The molecule has 5 nitrogen and oxygen atoms in total. The quantitative estimate of drug-likeness (QED) is 0.898. The number of rotatable bonds is 3. The lowest BCUT2D eigenvalue weighted by atomic mass is 9.63. The van der Waals surface area contributed by atoms with E-state index in [0.717, 1.165) is 37.7 Å². The lowest BCUT2D eigenvalue weighted by Gasteiger charge is -2.42. The minimum absolute atomic E-state index is 0.127. The van der Waals surface area contributed by atoms with Gasteiger partial charge in [0.05, 0.1) is 5.41 Å². The highest BCUT2D eigenvalue weighted by molar-refractivity contribution is 5.89. The highest BCUT2D eigenvalue weighted by Crippen LogP contribution is 2.44. The number of carbonyl (C=O) groups is 2. The van der Waals surface area contributed by atoms with Crippen molar-refractivity contribution in [2.45, 2.75) is 69.9 Å². The number of piperidine rings is 1. The maximum Gasteiger partial charge on any atom is 0.410 e. The van der Waals surface area contributed by atoms with Crippen LogP contribution in [0, 0.1) is 0 Å². The van der Waals surface area contributed by atoms with Gasteiger partial charge in [-0.3, -0.25) is 4.79 Å². The summed E-state index contributed by atoms with van der Waals surface area (Å²) in [7, 11) is 0. The fourth-order valence-corrected chi connectivity index (χ4v) is 3.79. The second-order valence-electron chi connectivity index (χ2n) is 8.52. The Bertz CT molecular complexity index is 639. The van der Waals surface area contributed by atoms with Gasteiger partial charge in [0.2, 0.25) is 5.91 Å². The first-order valence-corrected chi connectivity index (χ1v) is 9.65. The zero-order valence-electron chi connectivity index (χ0n) is 16.1. The smallest absolute Gasteiger partial charge is 0.410 e. The van der Waals surface area contributed by atoms with E-state index >= 15 is 0 Å². The number of likely N-dealkylation sites (tertiary alicyclic amines) is 1. The predicted molar refractivity (Wildman–Crippen MR) is 101 cm³/mol. The molecule has 0 aromatic heterocycles. The number of ether oxygens (including phenoxy) is 1. The lowest BCUT2D eigenvalue weighted by Crippen LogP contribution is -2.54. The molecule has 0 bridgehead atoms. The number of hydrogen-bond acceptors (Lipinski definition) is 3. The number of carbonyl (C=O) groups excluding carboxylic acids is 2. The molecule has 1 aromatic carbocycles. The molecule has 1 saturated carbocycles. The fraction of sp³-hybridized carbons (Fsp3) is 0.619. The molecule has 1 aliphatic carbocycles. The van der Waals surface area contributed by atoms with Crippen molar-refractivity contribution in [3.05, 3.63) is 35.9 Å². The van der Waals surface area contributed by atoms with Gasteiger partial charge in [-0.05, 0) is 52.0 Å². The summed E-state index contributed by atoms with van der Waals surface area (Å²) in [5.74, 6) is 0.144. The SMILES string of the molecule is CC(C)(C)OC(=O)N1CCC(NC(=O)C2(c3ccccc3)CCC2)CC1. The average molecular weight is 358 g/mol. The normalized spacial score (nSPS) is 20.2. The predicted octanol–water partition coefficient (Wildman–Crippen LogP) is 3.62. The molecule has 0 spiro atoms. The van der Waals surface area contributed by atoms with E-state index in [0.29, 0.717) is 13.1 Å². The van der Waals surface area contributed by atoms with Gasteiger partial charge in [0.15, 0.2) is 0 Å². The van der Waals surface area contributed by atoms with E-state index in [-0.39, 0.29) is 23.5 Å². The summed E-state index contributed by atoms with van der Waals surface area (Å²) >= 11 is 0. The molecule has 1 N–H and O–H groups in total. The van der Waals surface area contributed by atoms with Gasteiger partial charge in [0.25, 0.3) is 0 Å². The fourth-order valence-electron chi connectivity index (χ4n) is 3.79.